The number of halogens is 2. The van der Waals surface area contributed by atoms with Crippen LogP contribution in [0.2, 0.25) is 0 Å². The Morgan fingerprint density at radius 3 is 2.85 bits per heavy atom. The maximum Gasteiger partial charge on any atom is 0.124 e. The molecule has 1 heterocycles. The van der Waals surface area contributed by atoms with Gasteiger partial charge in [-0.25, -0.2) is 4.39 Å². The highest BCUT2D eigenvalue weighted by Crippen LogP contribution is 2.26. The summed E-state index contributed by atoms with van der Waals surface area (Å²) in [7, 11) is 0. The summed E-state index contributed by atoms with van der Waals surface area (Å²) >= 11 is 3.29. The molecule has 0 unspecified atom stereocenters. The summed E-state index contributed by atoms with van der Waals surface area (Å²) < 4.78 is 13.8. The fourth-order valence-electron chi connectivity index (χ4n) is 1.75. The van der Waals surface area contributed by atoms with Gasteiger partial charge in [-0.05, 0) is 43.1 Å². The summed E-state index contributed by atoms with van der Waals surface area (Å²) in [6.07, 6.45) is 2.29. The van der Waals surface area contributed by atoms with Crippen molar-refractivity contribution < 1.29 is 4.39 Å². The lowest BCUT2D eigenvalue weighted by Gasteiger charge is -2.10. The monoisotopic (exact) mass is 243 g/mol. The standard InChI is InChI=1S/C10H11BrFN/c11-8-4-7(5-9(12)6-8)10-2-1-3-13-10/h4-6,10,13H,1-3H2/t10-/m1/s1. The molecule has 0 bridgehead atoms. The summed E-state index contributed by atoms with van der Waals surface area (Å²) in [5.41, 5.74) is 1.05. The minimum absolute atomic E-state index is 0.168. The van der Waals surface area contributed by atoms with E-state index in [2.05, 4.69) is 21.2 Å². The first-order valence-corrected chi connectivity index (χ1v) is 5.24. The van der Waals surface area contributed by atoms with Crippen LogP contribution in [0.1, 0.15) is 24.4 Å². The van der Waals surface area contributed by atoms with Crippen molar-refractivity contribution in [3.8, 4) is 0 Å². The molecular formula is C10H11BrFN. The van der Waals surface area contributed by atoms with Crippen molar-refractivity contribution >= 4 is 15.9 Å². The van der Waals surface area contributed by atoms with Crippen molar-refractivity contribution in [2.75, 3.05) is 6.54 Å². The molecule has 0 aromatic heterocycles. The van der Waals surface area contributed by atoms with Crippen LogP contribution in [0.15, 0.2) is 22.7 Å². The molecule has 3 heteroatoms. The van der Waals surface area contributed by atoms with Gasteiger partial charge >= 0.3 is 0 Å². The zero-order chi connectivity index (χ0) is 9.26. The average molecular weight is 244 g/mol. The van der Waals surface area contributed by atoms with E-state index in [1.54, 1.807) is 6.07 Å². The van der Waals surface area contributed by atoms with Crippen LogP contribution in [-0.4, -0.2) is 6.54 Å². The van der Waals surface area contributed by atoms with Crippen molar-refractivity contribution in [1.82, 2.24) is 5.32 Å². The van der Waals surface area contributed by atoms with Gasteiger partial charge in [-0.2, -0.15) is 0 Å². The summed E-state index contributed by atoms with van der Waals surface area (Å²) in [6, 6.07) is 5.41. The molecule has 0 spiro atoms. The summed E-state index contributed by atoms with van der Waals surface area (Å²) in [5.74, 6) is -0.168. The first-order chi connectivity index (χ1) is 6.25. The molecule has 1 nitrogen and oxygen atoms in total. The largest absolute Gasteiger partial charge is 0.310 e. The van der Waals surface area contributed by atoms with Crippen LogP contribution in [0.25, 0.3) is 0 Å². The molecular weight excluding hydrogens is 233 g/mol. The molecule has 2 rings (SSSR count). The molecule has 0 saturated carbocycles. The van der Waals surface area contributed by atoms with Gasteiger partial charge < -0.3 is 5.32 Å². The summed E-state index contributed by atoms with van der Waals surface area (Å²) in [5, 5.41) is 3.34. The number of nitrogens with one attached hydrogen (secondary N) is 1. The van der Waals surface area contributed by atoms with Gasteiger partial charge in [0, 0.05) is 10.5 Å². The van der Waals surface area contributed by atoms with Crippen molar-refractivity contribution in [3.63, 3.8) is 0 Å². The van der Waals surface area contributed by atoms with Gasteiger partial charge in [0.05, 0.1) is 0 Å². The van der Waals surface area contributed by atoms with Gasteiger partial charge in [0.2, 0.25) is 0 Å². The highest BCUT2D eigenvalue weighted by atomic mass is 79.9. The van der Waals surface area contributed by atoms with E-state index in [-0.39, 0.29) is 5.82 Å². The highest BCUT2D eigenvalue weighted by Gasteiger charge is 2.16. The third kappa shape index (κ3) is 2.09. The second-order valence-corrected chi connectivity index (χ2v) is 4.27. The summed E-state index contributed by atoms with van der Waals surface area (Å²) in [4.78, 5) is 0. The molecule has 0 amide bonds. The Bertz CT molecular complexity index is 288. The number of benzene rings is 1. The molecule has 13 heavy (non-hydrogen) atoms. The third-order valence-corrected chi connectivity index (χ3v) is 2.81. The minimum atomic E-state index is -0.168. The molecule has 1 aliphatic heterocycles. The lowest BCUT2D eigenvalue weighted by molar-refractivity contribution is 0.605. The van der Waals surface area contributed by atoms with Crippen LogP contribution < -0.4 is 5.32 Å². The van der Waals surface area contributed by atoms with Crippen LogP contribution in [0.4, 0.5) is 4.39 Å². The van der Waals surface area contributed by atoms with Crippen LogP contribution in [-0.2, 0) is 0 Å². The van der Waals surface area contributed by atoms with E-state index in [1.807, 2.05) is 6.07 Å². The van der Waals surface area contributed by atoms with Gasteiger partial charge in [0.25, 0.3) is 0 Å². The fourth-order valence-corrected chi connectivity index (χ4v) is 2.23. The van der Waals surface area contributed by atoms with E-state index in [4.69, 9.17) is 0 Å². The van der Waals surface area contributed by atoms with Crippen molar-refractivity contribution in [3.05, 3.63) is 34.1 Å². The lowest BCUT2D eigenvalue weighted by Crippen LogP contribution is -2.12. The average Bonchev–Trinajstić information content (AvgIpc) is 2.53. The molecule has 1 fully saturated rings. The van der Waals surface area contributed by atoms with Crippen LogP contribution >= 0.6 is 15.9 Å². The maximum absolute atomic E-state index is 13.0. The molecule has 1 aromatic carbocycles. The molecule has 1 N–H and O–H groups in total. The molecule has 70 valence electrons. The Balaban J connectivity index is 2.28. The predicted octanol–water partition coefficient (Wildman–Crippen LogP) is 3.01. The predicted molar refractivity (Wildman–Crippen MR) is 54.1 cm³/mol. The molecule has 0 aliphatic carbocycles. The number of hydrogen-bond donors (Lipinski definition) is 1. The summed E-state index contributed by atoms with van der Waals surface area (Å²) in [6.45, 7) is 1.04. The van der Waals surface area contributed by atoms with Crippen molar-refractivity contribution in [2.45, 2.75) is 18.9 Å². The first kappa shape index (κ1) is 9.16. The molecule has 1 atom stereocenters. The van der Waals surface area contributed by atoms with E-state index in [1.165, 1.54) is 12.5 Å². The lowest BCUT2D eigenvalue weighted by atomic mass is 10.1. The second kappa shape index (κ2) is 3.76. The quantitative estimate of drug-likeness (QED) is 0.800. The van der Waals surface area contributed by atoms with Crippen LogP contribution in [0.5, 0.6) is 0 Å². The van der Waals surface area contributed by atoms with E-state index >= 15 is 0 Å². The van der Waals surface area contributed by atoms with Crippen LogP contribution in [0.3, 0.4) is 0 Å². The van der Waals surface area contributed by atoms with Gasteiger partial charge in [-0.1, -0.05) is 15.9 Å². The fraction of sp³-hybridized carbons (Fsp3) is 0.400. The zero-order valence-electron chi connectivity index (χ0n) is 7.19. The van der Waals surface area contributed by atoms with Crippen LogP contribution in [0, 0.1) is 5.82 Å². The topological polar surface area (TPSA) is 12.0 Å². The molecule has 1 aliphatic rings. The first-order valence-electron chi connectivity index (χ1n) is 4.45. The van der Waals surface area contributed by atoms with Crippen molar-refractivity contribution in [2.24, 2.45) is 0 Å². The van der Waals surface area contributed by atoms with Gasteiger partial charge in [0.15, 0.2) is 0 Å². The second-order valence-electron chi connectivity index (χ2n) is 3.35. The number of rotatable bonds is 1. The van der Waals surface area contributed by atoms with E-state index in [0.717, 1.165) is 23.0 Å². The van der Waals surface area contributed by atoms with Crippen molar-refractivity contribution in [1.29, 1.82) is 0 Å². The Labute approximate surface area is 85.5 Å². The molecule has 0 radical (unpaired) electrons. The highest BCUT2D eigenvalue weighted by molar-refractivity contribution is 9.10. The number of hydrogen-bond acceptors (Lipinski definition) is 1. The van der Waals surface area contributed by atoms with Gasteiger partial charge in [-0.15, -0.1) is 0 Å². The SMILES string of the molecule is Fc1cc(Br)cc([C@H]2CCCN2)c1. The van der Waals surface area contributed by atoms with Gasteiger partial charge in [-0.3, -0.25) is 0 Å². The Kier molecular flexibility index (Phi) is 2.65. The molecule has 1 aromatic rings. The smallest absolute Gasteiger partial charge is 0.124 e. The minimum Gasteiger partial charge on any atom is -0.310 e. The maximum atomic E-state index is 13.0. The van der Waals surface area contributed by atoms with Gasteiger partial charge in [0.1, 0.15) is 5.82 Å². The normalized spacial score (nSPS) is 22.2. The Morgan fingerprint density at radius 1 is 1.38 bits per heavy atom. The zero-order valence-corrected chi connectivity index (χ0v) is 8.77. The van der Waals surface area contributed by atoms with E-state index in [0.29, 0.717) is 6.04 Å². The Morgan fingerprint density at radius 2 is 2.23 bits per heavy atom. The Hall–Kier alpha value is -0.410. The van der Waals surface area contributed by atoms with E-state index < -0.39 is 0 Å². The third-order valence-electron chi connectivity index (χ3n) is 2.35. The van der Waals surface area contributed by atoms with E-state index in [9.17, 15) is 4.39 Å². The molecule has 1 saturated heterocycles.